The van der Waals surface area contributed by atoms with Crippen LogP contribution in [0, 0.1) is 5.41 Å². The zero-order chi connectivity index (χ0) is 29.2. The van der Waals surface area contributed by atoms with Crippen molar-refractivity contribution in [3.8, 4) is 17.2 Å². The number of aliphatic imine (C=N–C) groups is 1. The Labute approximate surface area is 241 Å². The molecule has 1 aliphatic rings. The quantitative estimate of drug-likeness (QED) is 0.310. The van der Waals surface area contributed by atoms with Crippen LogP contribution in [0.2, 0.25) is 5.02 Å². The molecular formula is C31H40ClN3O5. The monoisotopic (exact) mass is 569 g/mol. The highest BCUT2D eigenvalue weighted by Crippen LogP contribution is 2.43. The third-order valence-corrected chi connectivity index (χ3v) is 8.01. The molecule has 1 aromatic heterocycles. The fourth-order valence-corrected chi connectivity index (χ4v) is 5.82. The van der Waals surface area contributed by atoms with E-state index in [2.05, 4.69) is 32.6 Å². The van der Waals surface area contributed by atoms with Gasteiger partial charge in [-0.1, -0.05) is 39.3 Å². The van der Waals surface area contributed by atoms with Crippen molar-refractivity contribution in [1.29, 1.82) is 0 Å². The van der Waals surface area contributed by atoms with Gasteiger partial charge in [0, 0.05) is 23.8 Å². The summed E-state index contributed by atoms with van der Waals surface area (Å²) in [6, 6.07) is 8.82. The molecule has 2 aromatic carbocycles. The maximum absolute atomic E-state index is 13.9. The predicted molar refractivity (Wildman–Crippen MR) is 161 cm³/mol. The molecule has 1 N–H and O–H groups in total. The van der Waals surface area contributed by atoms with Gasteiger partial charge in [0.15, 0.2) is 16.9 Å². The summed E-state index contributed by atoms with van der Waals surface area (Å²) in [6.45, 7) is 12.1. The fourth-order valence-electron chi connectivity index (χ4n) is 5.65. The Balaban J connectivity index is 1.88. The Morgan fingerprint density at radius 3 is 2.27 bits per heavy atom. The molecule has 0 fully saturated rings. The van der Waals surface area contributed by atoms with E-state index < -0.39 is 0 Å². The molecule has 0 radical (unpaired) electrons. The van der Waals surface area contributed by atoms with Crippen LogP contribution in [0.5, 0.6) is 17.2 Å². The highest BCUT2D eigenvalue weighted by molar-refractivity contribution is 6.31. The predicted octanol–water partition coefficient (Wildman–Crippen LogP) is 5.81. The number of fused-ring (bicyclic) bond motifs is 2. The summed E-state index contributed by atoms with van der Waals surface area (Å²) in [5, 5.41) is 12.2. The SMILES string of the molecule is CCN(CC)CC(C)(C)CN=C1CC(c2cc(OC)c(OC)c(OC)c2)Cc2c1c(=O)c1cc(Cl)ccc1n2O. The van der Waals surface area contributed by atoms with Crippen molar-refractivity contribution in [1.82, 2.24) is 9.63 Å². The Hall–Kier alpha value is -3.23. The molecule has 216 valence electrons. The summed E-state index contributed by atoms with van der Waals surface area (Å²) >= 11 is 6.25. The molecule has 1 heterocycles. The second-order valence-corrected chi connectivity index (χ2v) is 11.5. The van der Waals surface area contributed by atoms with Gasteiger partial charge < -0.3 is 24.3 Å². The van der Waals surface area contributed by atoms with E-state index in [1.165, 1.54) is 0 Å². The molecule has 0 amide bonds. The first-order valence-corrected chi connectivity index (χ1v) is 14.1. The fraction of sp³-hybridized carbons (Fsp3) is 0.484. The maximum Gasteiger partial charge on any atom is 0.203 e. The molecule has 4 rings (SSSR count). The largest absolute Gasteiger partial charge is 0.493 e. The molecule has 0 bridgehead atoms. The molecule has 9 heteroatoms. The van der Waals surface area contributed by atoms with Gasteiger partial charge in [0.05, 0.1) is 43.5 Å². The number of hydrogen-bond donors (Lipinski definition) is 1. The lowest BCUT2D eigenvalue weighted by molar-refractivity contribution is 0.185. The van der Waals surface area contributed by atoms with Crippen molar-refractivity contribution < 1.29 is 19.4 Å². The van der Waals surface area contributed by atoms with Crippen molar-refractivity contribution in [2.24, 2.45) is 10.4 Å². The average Bonchev–Trinajstić information content (AvgIpc) is 2.96. The normalized spacial score (nSPS) is 16.4. The molecule has 1 unspecified atom stereocenters. The Kier molecular flexibility index (Phi) is 9.00. The van der Waals surface area contributed by atoms with Crippen LogP contribution < -0.4 is 19.6 Å². The van der Waals surface area contributed by atoms with Gasteiger partial charge in [0.2, 0.25) is 5.75 Å². The van der Waals surface area contributed by atoms with Crippen LogP contribution in [0.15, 0.2) is 40.1 Å². The summed E-state index contributed by atoms with van der Waals surface area (Å²) in [6.07, 6.45) is 0.953. The highest BCUT2D eigenvalue weighted by Gasteiger charge is 2.33. The van der Waals surface area contributed by atoms with Crippen molar-refractivity contribution in [2.45, 2.75) is 46.5 Å². The minimum Gasteiger partial charge on any atom is -0.493 e. The van der Waals surface area contributed by atoms with Crippen LogP contribution in [-0.4, -0.2) is 68.1 Å². The van der Waals surface area contributed by atoms with Gasteiger partial charge in [-0.15, -0.1) is 0 Å². The van der Waals surface area contributed by atoms with E-state index in [4.69, 9.17) is 30.8 Å². The lowest BCUT2D eigenvalue weighted by Gasteiger charge is -2.32. The van der Waals surface area contributed by atoms with E-state index in [9.17, 15) is 10.0 Å². The smallest absolute Gasteiger partial charge is 0.203 e. The third kappa shape index (κ3) is 5.79. The molecule has 0 saturated heterocycles. The minimum atomic E-state index is -0.165. The van der Waals surface area contributed by atoms with E-state index in [0.717, 1.165) is 29.9 Å². The van der Waals surface area contributed by atoms with Gasteiger partial charge >= 0.3 is 0 Å². The Bertz CT molecular complexity index is 1450. The second-order valence-electron chi connectivity index (χ2n) is 11.1. The second kappa shape index (κ2) is 12.1. The van der Waals surface area contributed by atoms with E-state index in [-0.39, 0.29) is 16.8 Å². The number of benzene rings is 2. The van der Waals surface area contributed by atoms with Gasteiger partial charge in [-0.05, 0) is 73.2 Å². The number of rotatable bonds is 10. The molecule has 8 nitrogen and oxygen atoms in total. The number of aromatic nitrogens is 1. The number of hydrogen-bond acceptors (Lipinski definition) is 7. The van der Waals surface area contributed by atoms with E-state index in [1.807, 2.05) is 12.1 Å². The van der Waals surface area contributed by atoms with Gasteiger partial charge in [-0.2, -0.15) is 4.73 Å². The van der Waals surface area contributed by atoms with Crippen molar-refractivity contribution in [3.63, 3.8) is 0 Å². The summed E-state index contributed by atoms with van der Waals surface area (Å²) < 4.78 is 17.9. The van der Waals surface area contributed by atoms with Crippen molar-refractivity contribution in [2.75, 3.05) is 47.5 Å². The summed E-state index contributed by atoms with van der Waals surface area (Å²) in [5.74, 6) is 1.53. The van der Waals surface area contributed by atoms with E-state index >= 15 is 0 Å². The van der Waals surface area contributed by atoms with Crippen LogP contribution in [0.1, 0.15) is 56.9 Å². The van der Waals surface area contributed by atoms with Crippen LogP contribution >= 0.6 is 11.6 Å². The van der Waals surface area contributed by atoms with Gasteiger partial charge in [-0.25, -0.2) is 0 Å². The maximum atomic E-state index is 13.9. The van der Waals surface area contributed by atoms with Gasteiger partial charge in [0.25, 0.3) is 0 Å². The van der Waals surface area contributed by atoms with Crippen LogP contribution in [-0.2, 0) is 6.42 Å². The topological polar surface area (TPSA) is 85.5 Å². The first-order valence-electron chi connectivity index (χ1n) is 13.7. The lowest BCUT2D eigenvalue weighted by Crippen LogP contribution is -2.37. The summed E-state index contributed by atoms with van der Waals surface area (Å²) in [7, 11) is 4.75. The Morgan fingerprint density at radius 2 is 1.70 bits per heavy atom. The van der Waals surface area contributed by atoms with E-state index in [0.29, 0.717) is 69.5 Å². The average molecular weight is 570 g/mol. The first kappa shape index (κ1) is 29.7. The summed E-state index contributed by atoms with van der Waals surface area (Å²) in [4.78, 5) is 21.3. The van der Waals surface area contributed by atoms with Crippen molar-refractivity contribution >= 4 is 28.2 Å². The highest BCUT2D eigenvalue weighted by atomic mass is 35.5. The molecule has 1 aliphatic carbocycles. The number of halogens is 1. The van der Waals surface area contributed by atoms with Crippen LogP contribution in [0.3, 0.4) is 0 Å². The standard InChI is InChI=1S/C31H40ClN3O5/c1-8-34(9-2)18-31(3,4)17-33-23-12-19(20-14-26(38-5)30(40-7)27(15-20)39-6)13-25-28(23)29(36)22-16-21(32)10-11-24(22)35(25)37/h10-11,14-16,19,37H,8-9,12-13,17-18H2,1-7H3. The summed E-state index contributed by atoms with van der Waals surface area (Å²) in [5.41, 5.74) is 2.75. The molecule has 0 spiro atoms. The number of nitrogens with zero attached hydrogens (tertiary/aromatic N) is 3. The van der Waals surface area contributed by atoms with E-state index in [1.54, 1.807) is 39.5 Å². The molecule has 40 heavy (non-hydrogen) atoms. The van der Waals surface area contributed by atoms with Gasteiger partial charge in [0.1, 0.15) is 0 Å². The van der Waals surface area contributed by atoms with Crippen molar-refractivity contribution in [3.05, 3.63) is 62.4 Å². The molecule has 1 atom stereocenters. The Morgan fingerprint density at radius 1 is 1.05 bits per heavy atom. The zero-order valence-electron chi connectivity index (χ0n) is 24.5. The number of methoxy groups -OCH3 is 3. The molecule has 0 aliphatic heterocycles. The van der Waals surface area contributed by atoms with Gasteiger partial charge in [-0.3, -0.25) is 9.79 Å². The zero-order valence-corrected chi connectivity index (χ0v) is 25.3. The number of ether oxygens (including phenoxy) is 3. The molecule has 3 aromatic rings. The van der Waals surface area contributed by atoms with Crippen LogP contribution in [0.25, 0.3) is 10.9 Å². The first-order chi connectivity index (χ1) is 19.1. The minimum absolute atomic E-state index is 0.0894. The lowest BCUT2D eigenvalue weighted by atomic mass is 9.80. The third-order valence-electron chi connectivity index (χ3n) is 7.77. The molecule has 0 saturated carbocycles. The number of pyridine rings is 1. The van der Waals surface area contributed by atoms with Crippen LogP contribution in [0.4, 0.5) is 0 Å². The molecular weight excluding hydrogens is 530 g/mol.